The van der Waals surface area contributed by atoms with Gasteiger partial charge in [-0.15, -0.1) is 0 Å². The lowest BCUT2D eigenvalue weighted by Gasteiger charge is -2.39. The van der Waals surface area contributed by atoms with E-state index < -0.39 is 0 Å². The van der Waals surface area contributed by atoms with Crippen LogP contribution in [-0.4, -0.2) is 63.9 Å². The number of nitrogens with one attached hydrogen (secondary N) is 1. The van der Waals surface area contributed by atoms with Crippen LogP contribution in [0, 0.1) is 0 Å². The van der Waals surface area contributed by atoms with Gasteiger partial charge in [0.05, 0.1) is 41.3 Å². The van der Waals surface area contributed by atoms with Gasteiger partial charge < -0.3 is 31.5 Å². The molecule has 2 saturated heterocycles. The van der Waals surface area contributed by atoms with Crippen LogP contribution in [0.15, 0.2) is 60.1 Å². The van der Waals surface area contributed by atoms with Crippen molar-refractivity contribution in [3.05, 3.63) is 66.2 Å². The van der Waals surface area contributed by atoms with E-state index in [9.17, 15) is 5.11 Å². The van der Waals surface area contributed by atoms with Crippen molar-refractivity contribution in [2.75, 3.05) is 36.5 Å². The Morgan fingerprint density at radius 1 is 1.24 bits per heavy atom. The number of fused-ring (bicyclic) bond motifs is 1. The number of aliphatic imine (C=N–C) groups is 1. The Morgan fingerprint density at radius 3 is 2.87 bits per heavy atom. The van der Waals surface area contributed by atoms with Crippen molar-refractivity contribution in [1.82, 2.24) is 14.6 Å². The molecule has 10 nitrogen and oxygen atoms in total. The number of aromatic nitrogens is 3. The summed E-state index contributed by atoms with van der Waals surface area (Å²) in [5.41, 5.74) is 19.9. The van der Waals surface area contributed by atoms with Crippen molar-refractivity contribution in [1.29, 1.82) is 0 Å². The third kappa shape index (κ3) is 4.52. The average Bonchev–Trinajstić information content (AvgIpc) is 3.58. The molecule has 0 bridgehead atoms. The molecular weight excluding hydrogens is 480 g/mol. The number of nitrogens with zero attached hydrogens (tertiary/aromatic N) is 5. The van der Waals surface area contributed by atoms with Gasteiger partial charge in [0.2, 0.25) is 0 Å². The standard InChI is InChI=1S/C28H32N8O2/c1-2-17-9-21(37)3-4-24(17)34-28(30)23-12-32-36-13-18(10-26(36)27(23)33-20-6-8-38-16-20)22-11-31-7-5-25(22)35-14-19(29)15-35/h3-5,7,9-13,19-20,33,37H,2,6,8,14-16,29H2,1H3,(H2,30,34). The minimum absolute atomic E-state index is 0.155. The number of pyridine rings is 1. The fourth-order valence-electron chi connectivity index (χ4n) is 5.15. The molecule has 4 aromatic rings. The number of amidine groups is 1. The monoisotopic (exact) mass is 512 g/mol. The summed E-state index contributed by atoms with van der Waals surface area (Å²) in [4.78, 5) is 11.4. The predicted molar refractivity (Wildman–Crippen MR) is 149 cm³/mol. The highest BCUT2D eigenvalue weighted by Crippen LogP contribution is 2.36. The van der Waals surface area contributed by atoms with E-state index in [0.29, 0.717) is 24.6 Å². The minimum atomic E-state index is 0.155. The van der Waals surface area contributed by atoms with E-state index in [2.05, 4.69) is 21.3 Å². The molecule has 6 rings (SSSR count). The number of nitrogens with two attached hydrogens (primary N) is 2. The Hall–Kier alpha value is -4.15. The first kappa shape index (κ1) is 24.2. The van der Waals surface area contributed by atoms with Crippen LogP contribution in [0.5, 0.6) is 5.75 Å². The maximum absolute atomic E-state index is 9.90. The molecule has 3 aromatic heterocycles. The summed E-state index contributed by atoms with van der Waals surface area (Å²) in [5, 5.41) is 18.2. The molecule has 2 fully saturated rings. The van der Waals surface area contributed by atoms with E-state index in [-0.39, 0.29) is 17.8 Å². The fourth-order valence-corrected chi connectivity index (χ4v) is 5.15. The Bertz CT molecular complexity index is 1500. The zero-order chi connectivity index (χ0) is 26.2. The zero-order valence-electron chi connectivity index (χ0n) is 21.3. The van der Waals surface area contributed by atoms with Gasteiger partial charge in [-0.05, 0) is 48.7 Å². The fraction of sp³-hybridized carbons (Fsp3) is 0.321. The second kappa shape index (κ2) is 9.96. The van der Waals surface area contributed by atoms with Crippen LogP contribution < -0.4 is 21.7 Å². The van der Waals surface area contributed by atoms with E-state index in [1.54, 1.807) is 24.4 Å². The molecule has 6 N–H and O–H groups in total. The second-order valence-corrected chi connectivity index (χ2v) is 9.92. The van der Waals surface area contributed by atoms with E-state index in [1.165, 1.54) is 0 Å². The van der Waals surface area contributed by atoms with E-state index in [0.717, 1.165) is 65.2 Å². The van der Waals surface area contributed by atoms with Gasteiger partial charge in [0, 0.05) is 61.1 Å². The van der Waals surface area contributed by atoms with Crippen molar-refractivity contribution < 1.29 is 9.84 Å². The quantitative estimate of drug-likeness (QED) is 0.219. The Balaban J connectivity index is 1.45. The van der Waals surface area contributed by atoms with Crippen LogP contribution in [-0.2, 0) is 11.2 Å². The summed E-state index contributed by atoms with van der Waals surface area (Å²) in [6, 6.07) is 9.62. The lowest BCUT2D eigenvalue weighted by molar-refractivity contribution is 0.195. The van der Waals surface area contributed by atoms with Crippen molar-refractivity contribution in [2.24, 2.45) is 16.5 Å². The molecule has 1 aromatic carbocycles. The molecule has 1 unspecified atom stereocenters. The first-order valence-corrected chi connectivity index (χ1v) is 13.0. The van der Waals surface area contributed by atoms with Crippen LogP contribution in [0.25, 0.3) is 16.6 Å². The van der Waals surface area contributed by atoms with Gasteiger partial charge in [-0.2, -0.15) is 5.10 Å². The molecule has 5 heterocycles. The molecule has 38 heavy (non-hydrogen) atoms. The molecule has 2 aliphatic rings. The van der Waals surface area contributed by atoms with Crippen LogP contribution in [0.3, 0.4) is 0 Å². The Kier molecular flexibility index (Phi) is 6.34. The van der Waals surface area contributed by atoms with E-state index in [4.69, 9.17) is 26.3 Å². The largest absolute Gasteiger partial charge is 0.508 e. The van der Waals surface area contributed by atoms with Crippen molar-refractivity contribution in [2.45, 2.75) is 31.8 Å². The van der Waals surface area contributed by atoms with E-state index in [1.807, 2.05) is 36.1 Å². The maximum Gasteiger partial charge on any atom is 0.135 e. The SMILES string of the molecule is CCc1cc(O)ccc1/N=C(\N)c1cnn2cc(-c3cnccc3N3CC(N)C3)cc2c1NC1CCOC1. The van der Waals surface area contributed by atoms with Gasteiger partial charge in [0.15, 0.2) is 0 Å². The van der Waals surface area contributed by atoms with E-state index >= 15 is 0 Å². The van der Waals surface area contributed by atoms with Crippen molar-refractivity contribution >= 4 is 28.4 Å². The Morgan fingerprint density at radius 2 is 2.11 bits per heavy atom. The number of hydrogen-bond donors (Lipinski definition) is 4. The van der Waals surface area contributed by atoms with Gasteiger partial charge in [-0.1, -0.05) is 6.92 Å². The highest BCUT2D eigenvalue weighted by atomic mass is 16.5. The first-order valence-electron chi connectivity index (χ1n) is 13.0. The van der Waals surface area contributed by atoms with Gasteiger partial charge in [-0.3, -0.25) is 4.98 Å². The number of phenols is 1. The molecule has 0 aliphatic carbocycles. The third-order valence-electron chi connectivity index (χ3n) is 7.24. The molecule has 0 spiro atoms. The number of aromatic hydroxyl groups is 1. The molecule has 196 valence electrons. The number of hydrogen-bond acceptors (Lipinski definition) is 8. The topological polar surface area (TPSA) is 139 Å². The van der Waals surface area contributed by atoms with Crippen LogP contribution >= 0.6 is 0 Å². The predicted octanol–water partition coefficient (Wildman–Crippen LogP) is 3.05. The molecule has 0 radical (unpaired) electrons. The van der Waals surface area contributed by atoms with Crippen LogP contribution in [0.2, 0.25) is 0 Å². The lowest BCUT2D eigenvalue weighted by atomic mass is 10.0. The summed E-state index contributed by atoms with van der Waals surface area (Å²) in [5.74, 6) is 0.558. The average molecular weight is 513 g/mol. The lowest BCUT2D eigenvalue weighted by Crippen LogP contribution is -2.56. The zero-order valence-corrected chi connectivity index (χ0v) is 21.3. The molecule has 1 atom stereocenters. The molecular formula is C28H32N8O2. The molecule has 0 saturated carbocycles. The maximum atomic E-state index is 9.90. The summed E-state index contributed by atoms with van der Waals surface area (Å²) >= 11 is 0. The molecule has 2 aliphatic heterocycles. The number of aryl methyl sites for hydroxylation is 1. The number of anilines is 2. The van der Waals surface area contributed by atoms with Crippen LogP contribution in [0.1, 0.15) is 24.5 Å². The number of phenolic OH excluding ortho intramolecular Hbond substituents is 1. The third-order valence-corrected chi connectivity index (χ3v) is 7.24. The molecule has 10 heteroatoms. The van der Waals surface area contributed by atoms with Crippen molar-refractivity contribution in [3.63, 3.8) is 0 Å². The van der Waals surface area contributed by atoms with Gasteiger partial charge in [0.1, 0.15) is 11.6 Å². The second-order valence-electron chi connectivity index (χ2n) is 9.92. The summed E-state index contributed by atoms with van der Waals surface area (Å²) < 4.78 is 7.49. The summed E-state index contributed by atoms with van der Waals surface area (Å²) in [6.45, 7) is 5.01. The highest BCUT2D eigenvalue weighted by molar-refractivity contribution is 6.06. The first-order chi connectivity index (χ1) is 18.5. The smallest absolute Gasteiger partial charge is 0.135 e. The number of ether oxygens (including phenoxy) is 1. The summed E-state index contributed by atoms with van der Waals surface area (Å²) in [6.07, 6.45) is 9.08. The summed E-state index contributed by atoms with van der Waals surface area (Å²) in [7, 11) is 0. The Labute approximate surface area is 221 Å². The molecule has 0 amide bonds. The van der Waals surface area contributed by atoms with Gasteiger partial charge in [-0.25, -0.2) is 9.51 Å². The minimum Gasteiger partial charge on any atom is -0.508 e. The van der Waals surface area contributed by atoms with Crippen molar-refractivity contribution in [3.8, 4) is 16.9 Å². The van der Waals surface area contributed by atoms with Gasteiger partial charge in [0.25, 0.3) is 0 Å². The normalized spacial score (nSPS) is 18.2. The number of rotatable bonds is 7. The number of benzene rings is 1. The highest BCUT2D eigenvalue weighted by Gasteiger charge is 2.26. The van der Waals surface area contributed by atoms with Gasteiger partial charge >= 0.3 is 0 Å². The van der Waals surface area contributed by atoms with Crippen LogP contribution in [0.4, 0.5) is 17.1 Å².